The van der Waals surface area contributed by atoms with Gasteiger partial charge in [-0.1, -0.05) is 26.0 Å². The average Bonchev–Trinajstić information content (AvgIpc) is 2.58. The molecule has 1 saturated heterocycles. The number of amides is 1. The molecule has 5 nitrogen and oxygen atoms in total. The minimum atomic E-state index is -0.0792. The number of benzene rings is 1. The highest BCUT2D eigenvalue weighted by atomic mass is 16.5. The van der Waals surface area contributed by atoms with Gasteiger partial charge in [0.1, 0.15) is 5.75 Å². The molecule has 0 aliphatic carbocycles. The van der Waals surface area contributed by atoms with Crippen LogP contribution >= 0.6 is 0 Å². The fraction of sp³-hybridized carbons (Fsp3) is 0.611. The van der Waals surface area contributed by atoms with Gasteiger partial charge in [0.2, 0.25) is 0 Å². The highest BCUT2D eigenvalue weighted by Gasteiger charge is 2.23. The van der Waals surface area contributed by atoms with Gasteiger partial charge in [-0.25, -0.2) is 0 Å². The molecule has 1 aromatic rings. The van der Waals surface area contributed by atoms with Crippen molar-refractivity contribution in [2.75, 3.05) is 40.0 Å². The summed E-state index contributed by atoms with van der Waals surface area (Å²) in [6, 6.07) is 7.66. The lowest BCUT2D eigenvalue weighted by Crippen LogP contribution is -2.49. The molecule has 0 saturated carbocycles. The van der Waals surface area contributed by atoms with Crippen LogP contribution in [-0.2, 0) is 4.74 Å². The number of nitrogens with zero attached hydrogens (tertiary/aromatic N) is 1. The molecule has 0 spiro atoms. The summed E-state index contributed by atoms with van der Waals surface area (Å²) in [5, 5.41) is 3.08. The predicted molar refractivity (Wildman–Crippen MR) is 91.0 cm³/mol. The Morgan fingerprint density at radius 2 is 2.00 bits per heavy atom. The lowest BCUT2D eigenvalue weighted by Gasteiger charge is -2.35. The van der Waals surface area contributed by atoms with Crippen LogP contribution in [0.3, 0.4) is 0 Å². The third-order valence-corrected chi connectivity index (χ3v) is 4.16. The zero-order valence-electron chi connectivity index (χ0n) is 14.4. The van der Waals surface area contributed by atoms with Crippen LogP contribution in [0.25, 0.3) is 0 Å². The van der Waals surface area contributed by atoms with E-state index in [1.807, 2.05) is 18.2 Å². The molecular weight excluding hydrogens is 292 g/mol. The van der Waals surface area contributed by atoms with E-state index < -0.39 is 0 Å². The Kier molecular flexibility index (Phi) is 6.86. The molecule has 1 heterocycles. The van der Waals surface area contributed by atoms with Crippen LogP contribution in [0.2, 0.25) is 0 Å². The molecule has 1 atom stereocenters. The lowest BCUT2D eigenvalue weighted by atomic mass is 10.0. The van der Waals surface area contributed by atoms with Crippen LogP contribution in [0.15, 0.2) is 24.3 Å². The van der Waals surface area contributed by atoms with Crippen molar-refractivity contribution in [1.82, 2.24) is 10.2 Å². The Morgan fingerprint density at radius 1 is 1.30 bits per heavy atom. The van der Waals surface area contributed by atoms with Crippen molar-refractivity contribution in [2.45, 2.75) is 26.3 Å². The molecule has 1 aromatic carbocycles. The van der Waals surface area contributed by atoms with Crippen molar-refractivity contribution < 1.29 is 14.3 Å². The van der Waals surface area contributed by atoms with Crippen molar-refractivity contribution in [1.29, 1.82) is 0 Å². The Labute approximate surface area is 139 Å². The molecule has 1 N–H and O–H groups in total. The number of morpholine rings is 1. The van der Waals surface area contributed by atoms with Gasteiger partial charge in [-0.15, -0.1) is 0 Å². The second-order valence-electron chi connectivity index (χ2n) is 6.34. The van der Waals surface area contributed by atoms with Gasteiger partial charge in [-0.05, 0) is 24.5 Å². The third kappa shape index (κ3) is 5.22. The largest absolute Gasteiger partial charge is 0.496 e. The Bertz CT molecular complexity index is 499. The van der Waals surface area contributed by atoms with Gasteiger partial charge in [0.25, 0.3) is 5.91 Å². The first-order valence-electron chi connectivity index (χ1n) is 8.34. The number of methoxy groups -OCH3 is 1. The van der Waals surface area contributed by atoms with E-state index in [0.29, 0.717) is 29.8 Å². The molecule has 128 valence electrons. The highest BCUT2D eigenvalue weighted by molar-refractivity contribution is 5.96. The van der Waals surface area contributed by atoms with E-state index in [2.05, 4.69) is 24.1 Å². The highest BCUT2D eigenvalue weighted by Crippen LogP contribution is 2.18. The van der Waals surface area contributed by atoms with Gasteiger partial charge < -0.3 is 14.8 Å². The first kappa shape index (κ1) is 17.8. The summed E-state index contributed by atoms with van der Waals surface area (Å²) in [4.78, 5) is 14.9. The zero-order chi connectivity index (χ0) is 16.7. The Hall–Kier alpha value is -1.59. The predicted octanol–water partition coefficient (Wildman–Crippen LogP) is 2.17. The van der Waals surface area contributed by atoms with E-state index in [1.165, 1.54) is 0 Å². The minimum Gasteiger partial charge on any atom is -0.496 e. The molecule has 1 unspecified atom stereocenters. The van der Waals surface area contributed by atoms with Gasteiger partial charge in [0.15, 0.2) is 0 Å². The maximum absolute atomic E-state index is 12.5. The molecule has 1 aliphatic heterocycles. The smallest absolute Gasteiger partial charge is 0.255 e. The second-order valence-corrected chi connectivity index (χ2v) is 6.34. The molecule has 5 heteroatoms. The number of rotatable bonds is 7. The lowest BCUT2D eigenvalue weighted by molar-refractivity contribution is 0.0124. The Morgan fingerprint density at radius 3 is 2.65 bits per heavy atom. The fourth-order valence-corrected chi connectivity index (χ4v) is 2.99. The summed E-state index contributed by atoms with van der Waals surface area (Å²) in [5.41, 5.74) is 0.584. The SMILES string of the molecule is COc1ccccc1C(=O)NCC(CC(C)C)N1CCOCC1. The van der Waals surface area contributed by atoms with Crippen molar-refractivity contribution >= 4 is 5.91 Å². The van der Waals surface area contributed by atoms with E-state index in [4.69, 9.17) is 9.47 Å². The second kappa shape index (κ2) is 8.89. The van der Waals surface area contributed by atoms with E-state index in [-0.39, 0.29) is 5.91 Å². The zero-order valence-corrected chi connectivity index (χ0v) is 14.4. The first-order chi connectivity index (χ1) is 11.1. The number of nitrogens with one attached hydrogen (secondary N) is 1. The van der Waals surface area contributed by atoms with E-state index in [1.54, 1.807) is 13.2 Å². The van der Waals surface area contributed by atoms with Gasteiger partial charge in [-0.2, -0.15) is 0 Å². The molecule has 2 rings (SSSR count). The molecule has 0 radical (unpaired) electrons. The number of para-hydroxylation sites is 1. The average molecular weight is 320 g/mol. The number of carbonyl (C=O) groups excluding carboxylic acids is 1. The monoisotopic (exact) mass is 320 g/mol. The first-order valence-corrected chi connectivity index (χ1v) is 8.34. The summed E-state index contributed by atoms with van der Waals surface area (Å²) in [6.07, 6.45) is 1.06. The van der Waals surface area contributed by atoms with Crippen LogP contribution in [0, 0.1) is 5.92 Å². The topological polar surface area (TPSA) is 50.8 Å². The summed E-state index contributed by atoms with van der Waals surface area (Å²) in [6.45, 7) is 8.49. The van der Waals surface area contributed by atoms with Crippen LogP contribution in [-0.4, -0.2) is 56.8 Å². The number of carbonyl (C=O) groups is 1. The van der Waals surface area contributed by atoms with Crippen LogP contribution in [0.1, 0.15) is 30.6 Å². The third-order valence-electron chi connectivity index (χ3n) is 4.16. The molecule has 1 amide bonds. The van der Waals surface area contributed by atoms with E-state index in [9.17, 15) is 4.79 Å². The van der Waals surface area contributed by atoms with Crippen molar-refractivity contribution in [3.8, 4) is 5.75 Å². The molecule has 1 fully saturated rings. The maximum atomic E-state index is 12.5. The number of hydrogen-bond acceptors (Lipinski definition) is 4. The maximum Gasteiger partial charge on any atom is 0.255 e. The molecule has 0 bridgehead atoms. The number of ether oxygens (including phenoxy) is 2. The number of hydrogen-bond donors (Lipinski definition) is 1. The van der Waals surface area contributed by atoms with Crippen molar-refractivity contribution in [3.63, 3.8) is 0 Å². The van der Waals surface area contributed by atoms with Gasteiger partial charge >= 0.3 is 0 Å². The standard InChI is InChI=1S/C18H28N2O3/c1-14(2)12-15(20-8-10-23-11-9-20)13-19-18(21)16-6-4-5-7-17(16)22-3/h4-7,14-15H,8-13H2,1-3H3,(H,19,21). The summed E-state index contributed by atoms with van der Waals surface area (Å²) < 4.78 is 10.7. The Balaban J connectivity index is 1.97. The van der Waals surface area contributed by atoms with Gasteiger partial charge in [-0.3, -0.25) is 9.69 Å². The molecule has 23 heavy (non-hydrogen) atoms. The quantitative estimate of drug-likeness (QED) is 0.836. The minimum absolute atomic E-state index is 0.0792. The summed E-state index contributed by atoms with van der Waals surface area (Å²) in [7, 11) is 1.58. The van der Waals surface area contributed by atoms with Crippen LogP contribution in [0.4, 0.5) is 0 Å². The van der Waals surface area contributed by atoms with Crippen molar-refractivity contribution in [2.24, 2.45) is 5.92 Å². The normalized spacial score (nSPS) is 17.0. The van der Waals surface area contributed by atoms with Gasteiger partial charge in [0.05, 0.1) is 25.9 Å². The van der Waals surface area contributed by atoms with Crippen LogP contribution < -0.4 is 10.1 Å². The summed E-state index contributed by atoms with van der Waals surface area (Å²) in [5.74, 6) is 1.12. The molecular formula is C18H28N2O3. The van der Waals surface area contributed by atoms with Crippen molar-refractivity contribution in [3.05, 3.63) is 29.8 Å². The van der Waals surface area contributed by atoms with Crippen LogP contribution in [0.5, 0.6) is 5.75 Å². The molecule has 1 aliphatic rings. The van der Waals surface area contributed by atoms with E-state index in [0.717, 1.165) is 32.7 Å². The summed E-state index contributed by atoms with van der Waals surface area (Å²) >= 11 is 0. The van der Waals surface area contributed by atoms with E-state index >= 15 is 0 Å². The fourth-order valence-electron chi connectivity index (χ4n) is 2.99. The molecule has 0 aromatic heterocycles. The van der Waals surface area contributed by atoms with Gasteiger partial charge in [0, 0.05) is 25.7 Å².